The number of benzene rings is 1. The summed E-state index contributed by atoms with van der Waals surface area (Å²) in [6, 6.07) is 8.60. The molecule has 0 aliphatic heterocycles. The zero-order valence-electron chi connectivity index (χ0n) is 11.9. The minimum absolute atomic E-state index is 0.371. The summed E-state index contributed by atoms with van der Waals surface area (Å²) in [7, 11) is 0. The molecule has 19 heavy (non-hydrogen) atoms. The Morgan fingerprint density at radius 1 is 1.16 bits per heavy atom. The first-order valence-corrected chi connectivity index (χ1v) is 7.88. The van der Waals surface area contributed by atoms with Crippen molar-refractivity contribution in [3.8, 4) is 0 Å². The summed E-state index contributed by atoms with van der Waals surface area (Å²) in [5.41, 5.74) is 2.88. The van der Waals surface area contributed by atoms with Gasteiger partial charge in [-0.05, 0) is 55.1 Å². The van der Waals surface area contributed by atoms with Crippen molar-refractivity contribution in [2.75, 3.05) is 0 Å². The second-order valence-corrected chi connectivity index (χ2v) is 6.40. The maximum absolute atomic E-state index is 12.4. The van der Waals surface area contributed by atoms with E-state index in [2.05, 4.69) is 31.2 Å². The molecule has 0 heterocycles. The van der Waals surface area contributed by atoms with Crippen LogP contribution in [0.5, 0.6) is 0 Å². The SMILES string of the molecule is CCC1CCC(C(=O)CC2Cc3ccccc32)CC1. The van der Waals surface area contributed by atoms with Crippen molar-refractivity contribution < 1.29 is 4.79 Å². The number of Topliss-reactive ketones (excluding diaryl/α,β-unsaturated/α-hetero) is 1. The van der Waals surface area contributed by atoms with Crippen LogP contribution in [-0.2, 0) is 11.2 Å². The van der Waals surface area contributed by atoms with Crippen LogP contribution in [0, 0.1) is 11.8 Å². The van der Waals surface area contributed by atoms with E-state index >= 15 is 0 Å². The molecule has 1 fully saturated rings. The molecular weight excluding hydrogens is 232 g/mol. The molecule has 1 aromatic carbocycles. The summed E-state index contributed by atoms with van der Waals surface area (Å²) in [6.07, 6.45) is 8.03. The van der Waals surface area contributed by atoms with E-state index in [4.69, 9.17) is 0 Å². The maximum Gasteiger partial charge on any atom is 0.136 e. The molecule has 1 saturated carbocycles. The molecule has 2 aliphatic carbocycles. The Kier molecular flexibility index (Phi) is 3.72. The molecule has 1 nitrogen and oxygen atoms in total. The maximum atomic E-state index is 12.4. The van der Waals surface area contributed by atoms with Gasteiger partial charge in [0.1, 0.15) is 5.78 Å². The van der Waals surface area contributed by atoms with Crippen LogP contribution in [0.3, 0.4) is 0 Å². The molecule has 0 radical (unpaired) electrons. The molecule has 1 unspecified atom stereocenters. The Morgan fingerprint density at radius 2 is 1.89 bits per heavy atom. The lowest BCUT2D eigenvalue weighted by atomic mass is 9.71. The van der Waals surface area contributed by atoms with E-state index in [9.17, 15) is 4.79 Å². The predicted molar refractivity (Wildman–Crippen MR) is 78.3 cm³/mol. The lowest BCUT2D eigenvalue weighted by Crippen LogP contribution is -2.26. The molecule has 102 valence electrons. The molecule has 0 spiro atoms. The van der Waals surface area contributed by atoms with Gasteiger partial charge in [-0.25, -0.2) is 0 Å². The van der Waals surface area contributed by atoms with Crippen LogP contribution in [0.1, 0.15) is 62.5 Å². The fourth-order valence-electron chi connectivity index (χ4n) is 3.85. The predicted octanol–water partition coefficient (Wildman–Crippen LogP) is 4.50. The van der Waals surface area contributed by atoms with Gasteiger partial charge >= 0.3 is 0 Å². The van der Waals surface area contributed by atoms with Crippen molar-refractivity contribution in [2.24, 2.45) is 11.8 Å². The van der Waals surface area contributed by atoms with Crippen molar-refractivity contribution >= 4 is 5.78 Å². The van der Waals surface area contributed by atoms with Gasteiger partial charge in [0.25, 0.3) is 0 Å². The zero-order chi connectivity index (χ0) is 13.2. The smallest absolute Gasteiger partial charge is 0.136 e. The minimum atomic E-state index is 0.371. The van der Waals surface area contributed by atoms with Gasteiger partial charge in [0.05, 0.1) is 0 Å². The Morgan fingerprint density at radius 3 is 2.58 bits per heavy atom. The van der Waals surface area contributed by atoms with Crippen molar-refractivity contribution in [1.29, 1.82) is 0 Å². The van der Waals surface area contributed by atoms with Crippen LogP contribution in [-0.4, -0.2) is 5.78 Å². The summed E-state index contributed by atoms with van der Waals surface area (Å²) in [5.74, 6) is 2.31. The van der Waals surface area contributed by atoms with Crippen LogP contribution in [0.2, 0.25) is 0 Å². The van der Waals surface area contributed by atoms with Crippen LogP contribution >= 0.6 is 0 Å². The third-order valence-electron chi connectivity index (χ3n) is 5.29. The topological polar surface area (TPSA) is 17.1 Å². The minimum Gasteiger partial charge on any atom is -0.299 e. The summed E-state index contributed by atoms with van der Waals surface area (Å²) in [4.78, 5) is 12.4. The van der Waals surface area contributed by atoms with Gasteiger partial charge in [0.15, 0.2) is 0 Å². The third kappa shape index (κ3) is 2.61. The van der Waals surface area contributed by atoms with E-state index in [-0.39, 0.29) is 0 Å². The number of hydrogen-bond acceptors (Lipinski definition) is 1. The van der Waals surface area contributed by atoms with Gasteiger partial charge in [-0.1, -0.05) is 37.6 Å². The van der Waals surface area contributed by atoms with E-state index in [0.29, 0.717) is 17.6 Å². The van der Waals surface area contributed by atoms with E-state index in [1.165, 1.54) is 30.4 Å². The molecule has 1 aromatic rings. The largest absolute Gasteiger partial charge is 0.299 e. The average molecular weight is 256 g/mol. The molecule has 0 saturated heterocycles. The van der Waals surface area contributed by atoms with Crippen LogP contribution in [0.25, 0.3) is 0 Å². The molecule has 3 rings (SSSR count). The lowest BCUT2D eigenvalue weighted by Gasteiger charge is -2.32. The summed E-state index contributed by atoms with van der Waals surface area (Å²) in [5, 5.41) is 0. The summed E-state index contributed by atoms with van der Waals surface area (Å²) >= 11 is 0. The van der Waals surface area contributed by atoms with Gasteiger partial charge in [0, 0.05) is 12.3 Å². The first kappa shape index (κ1) is 12.9. The number of hydrogen-bond donors (Lipinski definition) is 0. The van der Waals surface area contributed by atoms with Crippen LogP contribution in [0.4, 0.5) is 0 Å². The standard InChI is InChI=1S/C18H24O/c1-2-13-7-9-14(10-8-13)18(19)12-16-11-15-5-3-4-6-17(15)16/h3-6,13-14,16H,2,7-12H2,1H3. The van der Waals surface area contributed by atoms with Gasteiger partial charge in [-0.2, -0.15) is 0 Å². The number of fused-ring (bicyclic) bond motifs is 1. The molecule has 1 atom stereocenters. The summed E-state index contributed by atoms with van der Waals surface area (Å²) < 4.78 is 0. The average Bonchev–Trinajstić information content (AvgIpc) is 2.44. The highest BCUT2D eigenvalue weighted by molar-refractivity contribution is 5.82. The molecular formula is C18H24O. The first-order chi connectivity index (χ1) is 9.28. The lowest BCUT2D eigenvalue weighted by molar-refractivity contribution is -0.124. The number of carbonyl (C=O) groups excluding carboxylic acids is 1. The molecule has 1 heteroatoms. The van der Waals surface area contributed by atoms with Gasteiger partial charge < -0.3 is 0 Å². The van der Waals surface area contributed by atoms with E-state index in [0.717, 1.165) is 31.6 Å². The van der Waals surface area contributed by atoms with Gasteiger partial charge in [0.2, 0.25) is 0 Å². The van der Waals surface area contributed by atoms with E-state index in [1.807, 2.05) is 0 Å². The molecule has 2 aliphatic rings. The highest BCUT2D eigenvalue weighted by Crippen LogP contribution is 2.39. The van der Waals surface area contributed by atoms with Gasteiger partial charge in [-0.15, -0.1) is 0 Å². The number of carbonyl (C=O) groups is 1. The van der Waals surface area contributed by atoms with Crippen molar-refractivity contribution in [3.63, 3.8) is 0 Å². The monoisotopic (exact) mass is 256 g/mol. The molecule has 0 aromatic heterocycles. The van der Waals surface area contributed by atoms with Crippen molar-refractivity contribution in [2.45, 2.75) is 57.8 Å². The Balaban J connectivity index is 1.53. The van der Waals surface area contributed by atoms with Crippen LogP contribution in [0.15, 0.2) is 24.3 Å². The summed E-state index contributed by atoms with van der Waals surface area (Å²) in [6.45, 7) is 2.28. The second kappa shape index (κ2) is 5.48. The quantitative estimate of drug-likeness (QED) is 0.775. The fraction of sp³-hybridized carbons (Fsp3) is 0.611. The number of ketones is 1. The highest BCUT2D eigenvalue weighted by Gasteiger charge is 2.31. The van der Waals surface area contributed by atoms with Crippen molar-refractivity contribution in [1.82, 2.24) is 0 Å². The van der Waals surface area contributed by atoms with E-state index in [1.54, 1.807) is 0 Å². The Bertz CT molecular complexity index is 455. The Hall–Kier alpha value is -1.11. The first-order valence-electron chi connectivity index (χ1n) is 7.88. The van der Waals surface area contributed by atoms with E-state index < -0.39 is 0 Å². The van der Waals surface area contributed by atoms with Crippen LogP contribution < -0.4 is 0 Å². The molecule has 0 amide bonds. The normalized spacial score (nSPS) is 29.4. The third-order valence-corrected chi connectivity index (χ3v) is 5.29. The number of rotatable bonds is 4. The fourth-order valence-corrected chi connectivity index (χ4v) is 3.85. The zero-order valence-corrected chi connectivity index (χ0v) is 11.9. The molecule has 0 N–H and O–H groups in total. The Labute approximate surface area is 116 Å². The second-order valence-electron chi connectivity index (χ2n) is 6.40. The highest BCUT2D eigenvalue weighted by atomic mass is 16.1. The molecule has 0 bridgehead atoms. The van der Waals surface area contributed by atoms with Gasteiger partial charge in [-0.3, -0.25) is 4.79 Å². The van der Waals surface area contributed by atoms with Crippen molar-refractivity contribution in [3.05, 3.63) is 35.4 Å².